The van der Waals surface area contributed by atoms with Crippen LogP contribution in [0.25, 0.3) is 0 Å². The lowest BCUT2D eigenvalue weighted by Gasteiger charge is -2.32. The SMILES string of the molecule is N#Cc1cccc(NC(=O)CN2CCO[C@@H](c3ccc(F)cc3)C2)c1. The first kappa shape index (κ1) is 17.1. The molecule has 0 saturated carbocycles. The van der Waals surface area contributed by atoms with Gasteiger partial charge >= 0.3 is 0 Å². The average Bonchev–Trinajstić information content (AvgIpc) is 2.62. The Morgan fingerprint density at radius 1 is 1.32 bits per heavy atom. The van der Waals surface area contributed by atoms with Crippen molar-refractivity contribution in [3.63, 3.8) is 0 Å². The number of nitriles is 1. The second-order valence-corrected chi connectivity index (χ2v) is 5.89. The number of benzene rings is 2. The standard InChI is InChI=1S/C19H18FN3O2/c20-16-6-4-15(5-7-16)18-12-23(8-9-25-18)13-19(24)22-17-3-1-2-14(10-17)11-21/h1-7,10,18H,8-9,12-13H2,(H,22,24)/t18-/m1/s1. The Bertz CT molecular complexity index is 786. The lowest BCUT2D eigenvalue weighted by atomic mass is 10.1. The van der Waals surface area contributed by atoms with Crippen LogP contribution in [0.5, 0.6) is 0 Å². The van der Waals surface area contributed by atoms with Crippen molar-refractivity contribution >= 4 is 11.6 Å². The molecule has 5 nitrogen and oxygen atoms in total. The van der Waals surface area contributed by atoms with Crippen molar-refractivity contribution in [1.82, 2.24) is 4.90 Å². The van der Waals surface area contributed by atoms with E-state index >= 15 is 0 Å². The third kappa shape index (κ3) is 4.63. The lowest BCUT2D eigenvalue weighted by molar-refractivity contribution is -0.119. The van der Waals surface area contributed by atoms with Gasteiger partial charge in [0.2, 0.25) is 5.91 Å². The van der Waals surface area contributed by atoms with Crippen molar-refractivity contribution in [2.24, 2.45) is 0 Å². The molecule has 6 heteroatoms. The molecule has 1 fully saturated rings. The van der Waals surface area contributed by atoms with Gasteiger partial charge in [-0.2, -0.15) is 5.26 Å². The van der Waals surface area contributed by atoms with Gasteiger partial charge in [-0.3, -0.25) is 9.69 Å². The number of hydrogen-bond acceptors (Lipinski definition) is 4. The van der Waals surface area contributed by atoms with E-state index in [2.05, 4.69) is 5.32 Å². The van der Waals surface area contributed by atoms with Crippen molar-refractivity contribution in [2.45, 2.75) is 6.10 Å². The molecule has 0 unspecified atom stereocenters. The number of carbonyl (C=O) groups is 1. The summed E-state index contributed by atoms with van der Waals surface area (Å²) in [7, 11) is 0. The molecule has 25 heavy (non-hydrogen) atoms. The Kier molecular flexibility index (Phi) is 5.39. The highest BCUT2D eigenvalue weighted by atomic mass is 19.1. The number of ether oxygens (including phenoxy) is 1. The maximum Gasteiger partial charge on any atom is 0.238 e. The van der Waals surface area contributed by atoms with E-state index in [9.17, 15) is 9.18 Å². The minimum absolute atomic E-state index is 0.144. The number of nitrogens with zero attached hydrogens (tertiary/aromatic N) is 2. The van der Waals surface area contributed by atoms with Crippen LogP contribution in [0.4, 0.5) is 10.1 Å². The predicted molar refractivity (Wildman–Crippen MR) is 91.3 cm³/mol. The number of morpholine rings is 1. The van der Waals surface area contributed by atoms with Crippen LogP contribution in [0, 0.1) is 17.1 Å². The van der Waals surface area contributed by atoms with Gasteiger partial charge in [0.15, 0.2) is 0 Å². The smallest absolute Gasteiger partial charge is 0.238 e. The van der Waals surface area contributed by atoms with Gasteiger partial charge in [0.25, 0.3) is 0 Å². The fourth-order valence-corrected chi connectivity index (χ4v) is 2.80. The van der Waals surface area contributed by atoms with Crippen molar-refractivity contribution in [3.8, 4) is 6.07 Å². The summed E-state index contributed by atoms with van der Waals surface area (Å²) < 4.78 is 18.8. The fraction of sp³-hybridized carbons (Fsp3) is 0.263. The number of anilines is 1. The monoisotopic (exact) mass is 339 g/mol. The number of nitrogens with one attached hydrogen (secondary N) is 1. The molecule has 1 atom stereocenters. The van der Waals surface area contributed by atoms with Gasteiger partial charge in [-0.15, -0.1) is 0 Å². The average molecular weight is 339 g/mol. The molecule has 128 valence electrons. The zero-order valence-electron chi connectivity index (χ0n) is 13.6. The Hall–Kier alpha value is -2.75. The van der Waals surface area contributed by atoms with Gasteiger partial charge in [0.05, 0.1) is 30.9 Å². The van der Waals surface area contributed by atoms with E-state index in [4.69, 9.17) is 10.00 Å². The van der Waals surface area contributed by atoms with E-state index in [0.717, 1.165) is 5.56 Å². The minimum atomic E-state index is -0.282. The fourth-order valence-electron chi connectivity index (χ4n) is 2.80. The summed E-state index contributed by atoms with van der Waals surface area (Å²) in [4.78, 5) is 14.2. The molecule has 2 aromatic carbocycles. The molecule has 0 aliphatic carbocycles. The van der Waals surface area contributed by atoms with Crippen LogP contribution in [0.1, 0.15) is 17.2 Å². The summed E-state index contributed by atoms with van der Waals surface area (Å²) in [6.45, 7) is 1.97. The van der Waals surface area contributed by atoms with Gasteiger partial charge in [-0.05, 0) is 35.9 Å². The van der Waals surface area contributed by atoms with Crippen molar-refractivity contribution in [1.29, 1.82) is 5.26 Å². The molecule has 1 heterocycles. The van der Waals surface area contributed by atoms with Crippen LogP contribution in [-0.2, 0) is 9.53 Å². The maximum absolute atomic E-state index is 13.0. The van der Waals surface area contributed by atoms with E-state index in [0.29, 0.717) is 30.9 Å². The van der Waals surface area contributed by atoms with Gasteiger partial charge in [-0.1, -0.05) is 18.2 Å². The molecular formula is C19H18FN3O2. The highest BCUT2D eigenvalue weighted by molar-refractivity contribution is 5.92. The second-order valence-electron chi connectivity index (χ2n) is 5.89. The largest absolute Gasteiger partial charge is 0.371 e. The topological polar surface area (TPSA) is 65.4 Å². The van der Waals surface area contributed by atoms with Gasteiger partial charge in [0.1, 0.15) is 5.82 Å². The Labute approximate surface area is 145 Å². The molecule has 0 aromatic heterocycles. The van der Waals surface area contributed by atoms with Crippen LogP contribution in [-0.4, -0.2) is 37.0 Å². The zero-order valence-corrected chi connectivity index (χ0v) is 13.6. The summed E-state index contributed by atoms with van der Waals surface area (Å²) in [6.07, 6.45) is -0.177. The van der Waals surface area contributed by atoms with Crippen LogP contribution >= 0.6 is 0 Å². The maximum atomic E-state index is 13.0. The second kappa shape index (κ2) is 7.88. The first-order valence-electron chi connectivity index (χ1n) is 8.03. The molecular weight excluding hydrogens is 321 g/mol. The molecule has 1 N–H and O–H groups in total. The van der Waals surface area contributed by atoms with E-state index in [1.807, 2.05) is 11.0 Å². The number of halogens is 1. The molecule has 1 aliphatic heterocycles. The highest BCUT2D eigenvalue weighted by Gasteiger charge is 2.23. The first-order chi connectivity index (χ1) is 12.1. The van der Waals surface area contributed by atoms with Crippen molar-refractivity contribution < 1.29 is 13.9 Å². The third-order valence-corrected chi connectivity index (χ3v) is 4.04. The van der Waals surface area contributed by atoms with E-state index < -0.39 is 0 Å². The van der Waals surface area contributed by atoms with Crippen molar-refractivity contribution in [2.75, 3.05) is 31.6 Å². The predicted octanol–water partition coefficient (Wildman–Crippen LogP) is 2.71. The molecule has 0 spiro atoms. The molecule has 2 aromatic rings. The van der Waals surface area contributed by atoms with E-state index in [-0.39, 0.29) is 24.4 Å². The van der Waals surface area contributed by atoms with Crippen LogP contribution < -0.4 is 5.32 Å². The van der Waals surface area contributed by atoms with E-state index in [1.54, 1.807) is 36.4 Å². The molecule has 1 saturated heterocycles. The summed E-state index contributed by atoms with van der Waals surface area (Å²) in [5.41, 5.74) is 2.00. The molecule has 3 rings (SSSR count). The van der Waals surface area contributed by atoms with Crippen LogP contribution in [0.15, 0.2) is 48.5 Å². The quantitative estimate of drug-likeness (QED) is 0.930. The molecule has 1 aliphatic rings. The molecule has 0 radical (unpaired) electrons. The lowest BCUT2D eigenvalue weighted by Crippen LogP contribution is -2.42. The van der Waals surface area contributed by atoms with E-state index in [1.165, 1.54) is 12.1 Å². The number of amides is 1. The van der Waals surface area contributed by atoms with Gasteiger partial charge < -0.3 is 10.1 Å². The molecule has 0 bridgehead atoms. The van der Waals surface area contributed by atoms with Gasteiger partial charge in [0, 0.05) is 18.8 Å². The van der Waals surface area contributed by atoms with Gasteiger partial charge in [-0.25, -0.2) is 4.39 Å². The Morgan fingerprint density at radius 2 is 2.12 bits per heavy atom. The first-order valence-corrected chi connectivity index (χ1v) is 8.03. The number of rotatable bonds is 4. The van der Waals surface area contributed by atoms with Crippen LogP contribution in [0.3, 0.4) is 0 Å². The zero-order chi connectivity index (χ0) is 17.6. The Balaban J connectivity index is 1.57. The third-order valence-electron chi connectivity index (χ3n) is 4.04. The molecule has 1 amide bonds. The number of hydrogen-bond donors (Lipinski definition) is 1. The van der Waals surface area contributed by atoms with Crippen molar-refractivity contribution in [3.05, 3.63) is 65.5 Å². The normalized spacial score (nSPS) is 17.7. The minimum Gasteiger partial charge on any atom is -0.371 e. The van der Waals surface area contributed by atoms with Crippen LogP contribution in [0.2, 0.25) is 0 Å². The number of carbonyl (C=O) groups excluding carboxylic acids is 1. The Morgan fingerprint density at radius 3 is 2.88 bits per heavy atom. The summed E-state index contributed by atoms with van der Waals surface area (Å²) in [5, 5.41) is 11.7. The summed E-state index contributed by atoms with van der Waals surface area (Å²) >= 11 is 0. The summed E-state index contributed by atoms with van der Waals surface area (Å²) in [6, 6.07) is 15.1. The highest BCUT2D eigenvalue weighted by Crippen LogP contribution is 2.22. The summed E-state index contributed by atoms with van der Waals surface area (Å²) in [5.74, 6) is -0.426.